The van der Waals surface area contributed by atoms with Crippen molar-refractivity contribution in [2.45, 2.75) is 32.6 Å². The van der Waals surface area contributed by atoms with E-state index in [0.717, 1.165) is 30.7 Å². The van der Waals surface area contributed by atoms with Crippen molar-refractivity contribution in [1.82, 2.24) is 19.9 Å². The Balaban J connectivity index is 1.95. The monoisotopic (exact) mass is 391 g/mol. The van der Waals surface area contributed by atoms with E-state index in [-0.39, 0.29) is 11.8 Å². The fourth-order valence-corrected chi connectivity index (χ4v) is 3.21. The van der Waals surface area contributed by atoms with Crippen molar-refractivity contribution in [2.75, 3.05) is 18.4 Å². The Morgan fingerprint density at radius 1 is 1.31 bits per heavy atom. The van der Waals surface area contributed by atoms with Crippen molar-refractivity contribution >= 4 is 36.2 Å². The molecule has 0 bridgehead atoms. The molecule has 8 nitrogen and oxygen atoms in total. The van der Waals surface area contributed by atoms with Crippen LogP contribution in [0, 0.1) is 0 Å². The molecule has 1 unspecified atom stereocenters. The number of rotatable bonds is 6. The molecule has 3 rings (SSSR count). The van der Waals surface area contributed by atoms with Crippen molar-refractivity contribution in [1.29, 1.82) is 0 Å². The van der Waals surface area contributed by atoms with Crippen LogP contribution < -0.4 is 5.32 Å². The van der Waals surface area contributed by atoms with Gasteiger partial charge in [-0.2, -0.15) is 0 Å². The number of pyridine rings is 1. The molecule has 1 aliphatic rings. The van der Waals surface area contributed by atoms with Crippen LogP contribution in [-0.4, -0.2) is 51.9 Å². The number of anilines is 2. The Hall–Kier alpha value is -3.42. The fraction of sp³-hybridized carbons (Fsp3) is 0.333. The molecule has 29 heavy (non-hydrogen) atoms. The van der Waals surface area contributed by atoms with E-state index in [1.54, 1.807) is 19.3 Å². The third-order valence-corrected chi connectivity index (χ3v) is 4.72. The van der Waals surface area contributed by atoms with Crippen LogP contribution in [0.1, 0.15) is 44.1 Å². The number of piperidine rings is 1. The lowest BCUT2D eigenvalue weighted by Crippen LogP contribution is -2.38. The second-order valence-electron chi connectivity index (χ2n) is 6.90. The van der Waals surface area contributed by atoms with E-state index < -0.39 is 0 Å². The first-order chi connectivity index (χ1) is 14.1. The summed E-state index contributed by atoms with van der Waals surface area (Å²) in [5, 5.41) is 3.24. The summed E-state index contributed by atoms with van der Waals surface area (Å²) >= 11 is 0. The Morgan fingerprint density at radius 3 is 2.90 bits per heavy atom. The molecule has 0 radical (unpaired) electrons. The first kappa shape index (κ1) is 20.3. The van der Waals surface area contributed by atoms with E-state index in [1.807, 2.05) is 36.1 Å². The Kier molecular flexibility index (Phi) is 6.78. The average Bonchev–Trinajstić information content (AvgIpc) is 2.74. The zero-order chi connectivity index (χ0) is 20.6. The highest BCUT2D eigenvalue weighted by atomic mass is 16.2. The van der Waals surface area contributed by atoms with Gasteiger partial charge in [0.1, 0.15) is 23.8 Å². The van der Waals surface area contributed by atoms with Gasteiger partial charge in [-0.25, -0.2) is 19.9 Å². The summed E-state index contributed by atoms with van der Waals surface area (Å²) in [6, 6.07) is 7.51. The number of nitrogens with zero attached hydrogens (tertiary/aromatic N) is 6. The van der Waals surface area contributed by atoms with Gasteiger partial charge in [0.15, 0.2) is 0 Å². The van der Waals surface area contributed by atoms with Crippen LogP contribution >= 0.6 is 0 Å². The van der Waals surface area contributed by atoms with Gasteiger partial charge in [-0.3, -0.25) is 9.79 Å². The van der Waals surface area contributed by atoms with Crippen LogP contribution in [0.3, 0.4) is 0 Å². The van der Waals surface area contributed by atoms with Gasteiger partial charge in [0.25, 0.3) is 0 Å². The molecule has 0 aliphatic carbocycles. The maximum absolute atomic E-state index is 11.8. The highest BCUT2D eigenvalue weighted by Gasteiger charge is 2.25. The van der Waals surface area contributed by atoms with Gasteiger partial charge in [-0.05, 0) is 44.2 Å². The van der Waals surface area contributed by atoms with Crippen molar-refractivity contribution in [3.8, 4) is 0 Å². The molecule has 1 amide bonds. The molecule has 2 aromatic rings. The molecule has 1 atom stereocenters. The Labute approximate surface area is 170 Å². The molecule has 1 N–H and O–H groups in total. The largest absolute Gasteiger partial charge is 0.342 e. The molecule has 3 heterocycles. The van der Waals surface area contributed by atoms with Gasteiger partial charge >= 0.3 is 0 Å². The summed E-state index contributed by atoms with van der Waals surface area (Å²) in [4.78, 5) is 35.2. The standard InChI is InChI=1S/C21H25N7O/c1-15(12-23-14-22-3)18-11-20(26-19-8-4-5-9-24-19)27-21(25-18)17-7-6-10-28(13-17)16(2)29/h4-5,8-9,11-12,14,17H,3,6-7,10,13H2,1-2H3,(H,24,25,26,27)/b15-12+,23-14?. The normalized spacial score (nSPS) is 17.4. The van der Waals surface area contributed by atoms with Crippen LogP contribution in [0.2, 0.25) is 0 Å². The molecule has 8 heteroatoms. The predicted molar refractivity (Wildman–Crippen MR) is 115 cm³/mol. The molecule has 1 saturated heterocycles. The number of aromatic nitrogens is 3. The SMILES string of the molecule is C=NC=N/C=C(\C)c1cc(Nc2ccccn2)nc(C2CCCN(C(C)=O)C2)n1. The third-order valence-electron chi connectivity index (χ3n) is 4.72. The summed E-state index contributed by atoms with van der Waals surface area (Å²) in [6.45, 7) is 8.33. The molecule has 150 valence electrons. The highest BCUT2D eigenvalue weighted by Crippen LogP contribution is 2.27. The number of likely N-dealkylation sites (tertiary alicyclic amines) is 1. The summed E-state index contributed by atoms with van der Waals surface area (Å²) in [7, 11) is 0. The number of aliphatic imine (C=N–C) groups is 2. The maximum Gasteiger partial charge on any atom is 0.219 e. The van der Waals surface area contributed by atoms with Gasteiger partial charge in [0, 0.05) is 44.4 Å². The number of amides is 1. The molecular weight excluding hydrogens is 366 g/mol. The first-order valence-corrected chi connectivity index (χ1v) is 9.54. The van der Waals surface area contributed by atoms with Gasteiger partial charge in [-0.15, -0.1) is 0 Å². The lowest BCUT2D eigenvalue weighted by molar-refractivity contribution is -0.130. The van der Waals surface area contributed by atoms with Crippen molar-refractivity contribution < 1.29 is 4.79 Å². The van der Waals surface area contributed by atoms with Crippen LogP contribution in [0.5, 0.6) is 0 Å². The average molecular weight is 391 g/mol. The first-order valence-electron chi connectivity index (χ1n) is 9.54. The number of carbonyl (C=O) groups excluding carboxylic acids is 1. The summed E-state index contributed by atoms with van der Waals surface area (Å²) in [6.07, 6.45) is 6.67. The molecule has 2 aromatic heterocycles. The van der Waals surface area contributed by atoms with Gasteiger partial charge in [-0.1, -0.05) is 6.07 Å². The van der Waals surface area contributed by atoms with Crippen LogP contribution in [0.4, 0.5) is 11.6 Å². The second-order valence-corrected chi connectivity index (χ2v) is 6.90. The lowest BCUT2D eigenvalue weighted by Gasteiger charge is -2.31. The van der Waals surface area contributed by atoms with Crippen LogP contribution in [0.25, 0.3) is 5.57 Å². The van der Waals surface area contributed by atoms with E-state index in [9.17, 15) is 4.79 Å². The maximum atomic E-state index is 11.8. The van der Waals surface area contributed by atoms with E-state index in [0.29, 0.717) is 24.0 Å². The van der Waals surface area contributed by atoms with Crippen LogP contribution in [-0.2, 0) is 4.79 Å². The minimum Gasteiger partial charge on any atom is -0.342 e. The summed E-state index contributed by atoms with van der Waals surface area (Å²) in [5.41, 5.74) is 1.63. The molecule has 1 fully saturated rings. The molecule has 0 aromatic carbocycles. The van der Waals surface area contributed by atoms with Gasteiger partial charge in [0.05, 0.1) is 5.69 Å². The topological polar surface area (TPSA) is 95.7 Å². The van der Waals surface area contributed by atoms with Gasteiger partial charge < -0.3 is 10.2 Å². The van der Waals surface area contributed by atoms with Crippen molar-refractivity contribution in [3.63, 3.8) is 0 Å². The van der Waals surface area contributed by atoms with Crippen LogP contribution in [0.15, 0.2) is 46.6 Å². The number of allylic oxidation sites excluding steroid dienone is 1. The second kappa shape index (κ2) is 9.68. The number of carbonyl (C=O) groups is 1. The smallest absolute Gasteiger partial charge is 0.219 e. The minimum absolute atomic E-state index is 0.0834. The number of nitrogens with one attached hydrogen (secondary N) is 1. The zero-order valence-electron chi connectivity index (χ0n) is 16.7. The minimum atomic E-state index is 0.0834. The molecule has 0 spiro atoms. The van der Waals surface area contributed by atoms with E-state index in [4.69, 9.17) is 9.97 Å². The van der Waals surface area contributed by atoms with E-state index in [1.165, 1.54) is 6.34 Å². The fourth-order valence-electron chi connectivity index (χ4n) is 3.21. The van der Waals surface area contributed by atoms with E-state index in [2.05, 4.69) is 27.0 Å². The summed E-state index contributed by atoms with van der Waals surface area (Å²) < 4.78 is 0. The predicted octanol–water partition coefficient (Wildman–Crippen LogP) is 3.43. The number of hydrogen-bond acceptors (Lipinski definition) is 6. The quantitative estimate of drug-likeness (QED) is 0.601. The van der Waals surface area contributed by atoms with Crippen molar-refractivity contribution in [2.24, 2.45) is 9.98 Å². The zero-order valence-corrected chi connectivity index (χ0v) is 16.7. The van der Waals surface area contributed by atoms with E-state index >= 15 is 0 Å². The lowest BCUT2D eigenvalue weighted by atomic mass is 9.97. The molecular formula is C21H25N7O. The summed E-state index contributed by atoms with van der Waals surface area (Å²) in [5.74, 6) is 2.24. The van der Waals surface area contributed by atoms with Crippen molar-refractivity contribution in [3.05, 3.63) is 48.2 Å². The third kappa shape index (κ3) is 5.54. The molecule has 0 saturated carbocycles. The Morgan fingerprint density at radius 2 is 2.17 bits per heavy atom. The van der Waals surface area contributed by atoms with Gasteiger partial charge in [0.2, 0.25) is 5.91 Å². The molecule has 1 aliphatic heterocycles. The Bertz CT molecular complexity index is 924. The number of hydrogen-bond donors (Lipinski definition) is 1. The highest BCUT2D eigenvalue weighted by molar-refractivity contribution is 5.73.